The van der Waals surface area contributed by atoms with Crippen molar-refractivity contribution in [3.63, 3.8) is 0 Å². The van der Waals surface area contributed by atoms with Gasteiger partial charge in [-0.1, -0.05) is 0 Å². The van der Waals surface area contributed by atoms with Crippen LogP contribution in [0.2, 0.25) is 0 Å². The van der Waals surface area contributed by atoms with Crippen LogP contribution in [-0.4, -0.2) is 43.9 Å². The Kier molecular flexibility index (Phi) is 4.36. The quantitative estimate of drug-likeness (QED) is 0.918. The van der Waals surface area contributed by atoms with Crippen LogP contribution in [-0.2, 0) is 19.1 Å². The van der Waals surface area contributed by atoms with E-state index in [1.165, 1.54) is 0 Å². The van der Waals surface area contributed by atoms with Crippen LogP contribution < -0.4 is 5.32 Å². The summed E-state index contributed by atoms with van der Waals surface area (Å²) in [5, 5.41) is 2.64. The van der Waals surface area contributed by atoms with Crippen LogP contribution in [0, 0.1) is 6.92 Å². The van der Waals surface area contributed by atoms with Gasteiger partial charge in [-0.05, 0) is 39.3 Å². The number of aromatic nitrogens is 4. The molecule has 0 saturated carbocycles. The molecule has 7 nitrogen and oxygen atoms in total. The highest BCUT2D eigenvalue weighted by Crippen LogP contribution is 2.37. The molecule has 1 saturated heterocycles. The zero-order valence-electron chi connectivity index (χ0n) is 14.7. The Morgan fingerprint density at radius 3 is 2.88 bits per heavy atom. The van der Waals surface area contributed by atoms with Crippen molar-refractivity contribution in [3.8, 4) is 0 Å². The minimum absolute atomic E-state index is 0.179. The predicted octanol–water partition coefficient (Wildman–Crippen LogP) is 1.39. The lowest BCUT2D eigenvalue weighted by atomic mass is 9.97. The van der Waals surface area contributed by atoms with Crippen LogP contribution in [0.1, 0.15) is 47.5 Å². The third kappa shape index (κ3) is 2.91. The second kappa shape index (κ2) is 6.32. The van der Waals surface area contributed by atoms with Gasteiger partial charge in [-0.3, -0.25) is 9.69 Å². The lowest BCUT2D eigenvalue weighted by Gasteiger charge is -2.34. The van der Waals surface area contributed by atoms with E-state index in [2.05, 4.69) is 32.1 Å². The minimum atomic E-state index is -0.279. The molecule has 0 unspecified atom stereocenters. The van der Waals surface area contributed by atoms with Crippen molar-refractivity contribution in [2.24, 2.45) is 7.05 Å². The van der Waals surface area contributed by atoms with Crippen molar-refractivity contribution in [2.75, 3.05) is 13.6 Å². The molecule has 128 valence electrons. The van der Waals surface area contributed by atoms with E-state index in [1.54, 1.807) is 13.1 Å². The molecule has 1 N–H and O–H groups in total. The zero-order valence-corrected chi connectivity index (χ0v) is 14.7. The van der Waals surface area contributed by atoms with E-state index < -0.39 is 0 Å². The maximum Gasteiger partial charge on any atom is 0.269 e. The van der Waals surface area contributed by atoms with Gasteiger partial charge in [0.05, 0.1) is 17.6 Å². The Morgan fingerprint density at radius 1 is 1.42 bits per heavy atom. The van der Waals surface area contributed by atoms with Crippen LogP contribution >= 0.6 is 0 Å². The van der Waals surface area contributed by atoms with E-state index >= 15 is 0 Å². The molecule has 0 spiro atoms. The molecule has 3 heterocycles. The summed E-state index contributed by atoms with van der Waals surface area (Å²) in [6.45, 7) is 5.84. The molecule has 0 aromatic carbocycles. The van der Waals surface area contributed by atoms with Crippen molar-refractivity contribution < 1.29 is 4.79 Å². The number of likely N-dealkylation sites (tertiary alicyclic amines) is 1. The van der Waals surface area contributed by atoms with E-state index in [4.69, 9.17) is 0 Å². The SMILES string of the molecule is CNC(=O)c1cc(C)nc([C@]2(C)CCCN2Cc2cncn2C)n1. The van der Waals surface area contributed by atoms with Crippen LogP contribution in [0.3, 0.4) is 0 Å². The monoisotopic (exact) mass is 328 g/mol. The van der Waals surface area contributed by atoms with Crippen molar-refractivity contribution in [1.82, 2.24) is 29.7 Å². The van der Waals surface area contributed by atoms with Gasteiger partial charge in [0.2, 0.25) is 0 Å². The van der Waals surface area contributed by atoms with E-state index in [-0.39, 0.29) is 11.4 Å². The average molecular weight is 328 g/mol. The van der Waals surface area contributed by atoms with Gasteiger partial charge in [-0.2, -0.15) is 0 Å². The van der Waals surface area contributed by atoms with Gasteiger partial charge >= 0.3 is 0 Å². The predicted molar refractivity (Wildman–Crippen MR) is 90.4 cm³/mol. The number of nitrogens with one attached hydrogen (secondary N) is 1. The molecular weight excluding hydrogens is 304 g/mol. The molecule has 24 heavy (non-hydrogen) atoms. The summed E-state index contributed by atoms with van der Waals surface area (Å²) in [5.41, 5.74) is 2.11. The molecule has 0 bridgehead atoms. The number of rotatable bonds is 4. The number of imidazole rings is 1. The van der Waals surface area contributed by atoms with Crippen molar-refractivity contribution in [2.45, 2.75) is 38.8 Å². The highest BCUT2D eigenvalue weighted by atomic mass is 16.1. The van der Waals surface area contributed by atoms with Crippen LogP contribution in [0.4, 0.5) is 0 Å². The number of amides is 1. The topological polar surface area (TPSA) is 75.9 Å². The number of aryl methyl sites for hydroxylation is 2. The summed E-state index contributed by atoms with van der Waals surface area (Å²) in [7, 11) is 3.62. The van der Waals surface area contributed by atoms with Gasteiger partial charge < -0.3 is 9.88 Å². The van der Waals surface area contributed by atoms with Gasteiger partial charge in [0.25, 0.3) is 5.91 Å². The lowest BCUT2D eigenvalue weighted by molar-refractivity contribution is 0.0954. The minimum Gasteiger partial charge on any atom is -0.354 e. The first-order chi connectivity index (χ1) is 11.4. The summed E-state index contributed by atoms with van der Waals surface area (Å²) in [6, 6.07) is 1.73. The largest absolute Gasteiger partial charge is 0.354 e. The lowest BCUT2D eigenvalue weighted by Crippen LogP contribution is -2.40. The first kappa shape index (κ1) is 16.6. The molecule has 1 aliphatic rings. The molecule has 0 aliphatic carbocycles. The van der Waals surface area contributed by atoms with Gasteiger partial charge in [0.15, 0.2) is 0 Å². The summed E-state index contributed by atoms with van der Waals surface area (Å²) in [6.07, 6.45) is 5.77. The Bertz CT molecular complexity index is 755. The average Bonchev–Trinajstić information content (AvgIpc) is 3.14. The fourth-order valence-corrected chi connectivity index (χ4v) is 3.31. The van der Waals surface area contributed by atoms with Gasteiger partial charge in [0.1, 0.15) is 11.5 Å². The highest BCUT2D eigenvalue weighted by Gasteiger charge is 2.41. The smallest absolute Gasteiger partial charge is 0.269 e. The molecule has 3 rings (SSSR count). The summed E-state index contributed by atoms with van der Waals surface area (Å²) in [4.78, 5) is 27.8. The fourth-order valence-electron chi connectivity index (χ4n) is 3.31. The maximum absolute atomic E-state index is 12.0. The van der Waals surface area contributed by atoms with E-state index in [0.29, 0.717) is 5.69 Å². The van der Waals surface area contributed by atoms with Gasteiger partial charge in [-0.15, -0.1) is 0 Å². The molecule has 1 atom stereocenters. The van der Waals surface area contributed by atoms with Crippen molar-refractivity contribution >= 4 is 5.91 Å². The second-order valence-electron chi connectivity index (χ2n) is 6.59. The van der Waals surface area contributed by atoms with Gasteiger partial charge in [-0.25, -0.2) is 15.0 Å². The van der Waals surface area contributed by atoms with Crippen molar-refractivity contribution in [3.05, 3.63) is 41.5 Å². The Morgan fingerprint density at radius 2 is 2.21 bits per heavy atom. The van der Waals surface area contributed by atoms with Gasteiger partial charge in [0, 0.05) is 32.5 Å². The number of carbonyl (C=O) groups is 1. The Labute approximate surface area is 142 Å². The molecule has 1 fully saturated rings. The normalized spacial score (nSPS) is 21.2. The summed E-state index contributed by atoms with van der Waals surface area (Å²) < 4.78 is 2.03. The zero-order chi connectivity index (χ0) is 17.3. The first-order valence-electron chi connectivity index (χ1n) is 8.22. The Balaban J connectivity index is 1.95. The first-order valence-corrected chi connectivity index (χ1v) is 8.22. The summed E-state index contributed by atoms with van der Waals surface area (Å²) in [5.74, 6) is 0.544. The Hall–Kier alpha value is -2.28. The molecule has 1 amide bonds. The molecule has 2 aromatic rings. The van der Waals surface area contributed by atoms with E-state index in [9.17, 15) is 4.79 Å². The number of hydrogen-bond donors (Lipinski definition) is 1. The maximum atomic E-state index is 12.0. The number of hydrogen-bond acceptors (Lipinski definition) is 5. The standard InChI is InChI=1S/C17H24N6O/c1-12-8-14(15(24)18-3)21-16(20-12)17(2)6-5-7-23(17)10-13-9-19-11-22(13)4/h8-9,11H,5-7,10H2,1-4H3,(H,18,24)/t17-/m0/s1. The molecular formula is C17H24N6O. The molecule has 1 aliphatic heterocycles. The van der Waals surface area contributed by atoms with Crippen LogP contribution in [0.15, 0.2) is 18.6 Å². The van der Waals surface area contributed by atoms with Crippen LogP contribution in [0.5, 0.6) is 0 Å². The molecule has 2 aromatic heterocycles. The molecule has 7 heteroatoms. The number of nitrogens with zero attached hydrogens (tertiary/aromatic N) is 5. The third-order valence-electron chi connectivity index (χ3n) is 4.85. The van der Waals surface area contributed by atoms with Crippen LogP contribution in [0.25, 0.3) is 0 Å². The van der Waals surface area contributed by atoms with Crippen molar-refractivity contribution in [1.29, 1.82) is 0 Å². The fraction of sp³-hybridized carbons (Fsp3) is 0.529. The molecule has 0 radical (unpaired) electrons. The van der Waals surface area contributed by atoms with E-state index in [1.807, 2.05) is 31.1 Å². The number of carbonyl (C=O) groups excluding carboxylic acids is 1. The summed E-state index contributed by atoms with van der Waals surface area (Å²) >= 11 is 0. The highest BCUT2D eigenvalue weighted by molar-refractivity contribution is 5.92. The second-order valence-corrected chi connectivity index (χ2v) is 6.59. The van der Waals surface area contributed by atoms with E-state index in [0.717, 1.165) is 43.1 Å². The third-order valence-corrected chi connectivity index (χ3v) is 4.85.